The second kappa shape index (κ2) is 6.48. The minimum absolute atomic E-state index is 0.137. The standard InChI is InChI=1S/C14H18BrFN2O/c1-17(10-14(19)18-6-2-3-7-18)9-11-4-5-12(15)8-13(11)16/h4-5,8H,2-3,6-7,9-10H2,1H3. The predicted octanol–water partition coefficient (Wildman–Crippen LogP) is 2.64. The number of amides is 1. The molecule has 1 saturated heterocycles. The van der Waals surface area contributed by atoms with Gasteiger partial charge in [0.05, 0.1) is 6.54 Å². The van der Waals surface area contributed by atoms with Crippen LogP contribution < -0.4 is 0 Å². The van der Waals surface area contributed by atoms with Crippen molar-refractivity contribution in [3.63, 3.8) is 0 Å². The molecule has 5 heteroatoms. The molecule has 1 heterocycles. The van der Waals surface area contributed by atoms with Crippen molar-refractivity contribution >= 4 is 21.8 Å². The quantitative estimate of drug-likeness (QED) is 0.848. The number of hydrogen-bond donors (Lipinski definition) is 0. The highest BCUT2D eigenvalue weighted by atomic mass is 79.9. The third-order valence-electron chi connectivity index (χ3n) is 3.32. The second-order valence-corrected chi connectivity index (χ2v) is 5.91. The van der Waals surface area contributed by atoms with Gasteiger partial charge in [0.15, 0.2) is 0 Å². The second-order valence-electron chi connectivity index (χ2n) is 5.00. The lowest BCUT2D eigenvalue weighted by Crippen LogP contribution is -2.37. The van der Waals surface area contributed by atoms with Gasteiger partial charge >= 0.3 is 0 Å². The summed E-state index contributed by atoms with van der Waals surface area (Å²) in [4.78, 5) is 15.7. The zero-order valence-corrected chi connectivity index (χ0v) is 12.6. The maximum Gasteiger partial charge on any atom is 0.236 e. The first kappa shape index (κ1) is 14.5. The first-order chi connectivity index (χ1) is 9.06. The Hall–Kier alpha value is -0.940. The van der Waals surface area contributed by atoms with Crippen molar-refractivity contribution in [2.75, 3.05) is 26.7 Å². The molecule has 0 atom stereocenters. The van der Waals surface area contributed by atoms with Gasteiger partial charge in [-0.05, 0) is 32.0 Å². The smallest absolute Gasteiger partial charge is 0.236 e. The molecule has 0 aromatic heterocycles. The van der Waals surface area contributed by atoms with E-state index in [1.165, 1.54) is 6.07 Å². The van der Waals surface area contributed by atoms with E-state index in [0.717, 1.165) is 30.4 Å². The minimum atomic E-state index is -0.241. The van der Waals surface area contributed by atoms with Gasteiger partial charge in [0.1, 0.15) is 5.82 Å². The van der Waals surface area contributed by atoms with E-state index < -0.39 is 0 Å². The van der Waals surface area contributed by atoms with Gasteiger partial charge in [-0.3, -0.25) is 9.69 Å². The number of carbonyl (C=O) groups excluding carboxylic acids is 1. The Morgan fingerprint density at radius 2 is 2.11 bits per heavy atom. The van der Waals surface area contributed by atoms with Gasteiger partial charge in [0.25, 0.3) is 0 Å². The van der Waals surface area contributed by atoms with Crippen molar-refractivity contribution in [3.05, 3.63) is 34.1 Å². The van der Waals surface area contributed by atoms with E-state index in [0.29, 0.717) is 18.7 Å². The van der Waals surface area contributed by atoms with E-state index >= 15 is 0 Å². The highest BCUT2D eigenvalue weighted by molar-refractivity contribution is 9.10. The van der Waals surface area contributed by atoms with Gasteiger partial charge in [-0.25, -0.2) is 4.39 Å². The molecule has 1 amide bonds. The monoisotopic (exact) mass is 328 g/mol. The zero-order chi connectivity index (χ0) is 13.8. The Kier molecular flexibility index (Phi) is 4.93. The number of benzene rings is 1. The van der Waals surface area contributed by atoms with Crippen LogP contribution in [0.5, 0.6) is 0 Å². The highest BCUT2D eigenvalue weighted by Crippen LogP contribution is 2.16. The highest BCUT2D eigenvalue weighted by Gasteiger charge is 2.19. The largest absolute Gasteiger partial charge is 0.342 e. The number of likely N-dealkylation sites (N-methyl/N-ethyl adjacent to an activating group) is 1. The van der Waals surface area contributed by atoms with E-state index in [-0.39, 0.29) is 11.7 Å². The maximum atomic E-state index is 13.7. The number of halogens is 2. The number of rotatable bonds is 4. The third-order valence-corrected chi connectivity index (χ3v) is 3.81. The summed E-state index contributed by atoms with van der Waals surface area (Å²) in [5, 5.41) is 0. The fourth-order valence-corrected chi connectivity index (χ4v) is 2.63. The SMILES string of the molecule is CN(CC(=O)N1CCCC1)Cc1ccc(Br)cc1F. The summed E-state index contributed by atoms with van der Waals surface area (Å²) >= 11 is 3.23. The zero-order valence-electron chi connectivity index (χ0n) is 11.0. The lowest BCUT2D eigenvalue weighted by atomic mass is 10.2. The van der Waals surface area contributed by atoms with Crippen molar-refractivity contribution in [1.82, 2.24) is 9.80 Å². The topological polar surface area (TPSA) is 23.6 Å². The third kappa shape index (κ3) is 4.01. The summed E-state index contributed by atoms with van der Waals surface area (Å²) in [5.41, 5.74) is 0.611. The molecule has 0 aliphatic carbocycles. The first-order valence-electron chi connectivity index (χ1n) is 6.46. The summed E-state index contributed by atoms with van der Waals surface area (Å²) in [6.07, 6.45) is 2.19. The molecule has 0 unspecified atom stereocenters. The van der Waals surface area contributed by atoms with E-state index in [1.54, 1.807) is 6.07 Å². The Bertz CT molecular complexity index is 461. The van der Waals surface area contributed by atoms with Crippen LogP contribution in [0.1, 0.15) is 18.4 Å². The average Bonchev–Trinajstić information content (AvgIpc) is 2.86. The van der Waals surface area contributed by atoms with Crippen molar-refractivity contribution in [2.24, 2.45) is 0 Å². The van der Waals surface area contributed by atoms with Crippen LogP contribution in [0.2, 0.25) is 0 Å². The molecule has 0 spiro atoms. The minimum Gasteiger partial charge on any atom is -0.342 e. The fraction of sp³-hybridized carbons (Fsp3) is 0.500. The Labute approximate surface area is 121 Å². The normalized spacial score (nSPS) is 15.3. The van der Waals surface area contributed by atoms with Crippen LogP contribution in [-0.2, 0) is 11.3 Å². The van der Waals surface area contributed by atoms with Crippen molar-refractivity contribution in [2.45, 2.75) is 19.4 Å². The molecular weight excluding hydrogens is 311 g/mol. The average molecular weight is 329 g/mol. The fourth-order valence-electron chi connectivity index (χ4n) is 2.29. The molecule has 3 nitrogen and oxygen atoms in total. The summed E-state index contributed by atoms with van der Waals surface area (Å²) in [6.45, 7) is 2.51. The van der Waals surface area contributed by atoms with Crippen molar-refractivity contribution in [1.29, 1.82) is 0 Å². The van der Waals surface area contributed by atoms with Crippen molar-refractivity contribution in [3.8, 4) is 0 Å². The molecule has 1 fully saturated rings. The molecule has 0 saturated carbocycles. The van der Waals surface area contributed by atoms with Gasteiger partial charge in [0, 0.05) is 29.7 Å². The lowest BCUT2D eigenvalue weighted by Gasteiger charge is -2.21. The van der Waals surface area contributed by atoms with Crippen LogP contribution in [0.3, 0.4) is 0 Å². The summed E-state index contributed by atoms with van der Waals surface area (Å²) in [6, 6.07) is 5.01. The van der Waals surface area contributed by atoms with Crippen LogP contribution in [0.4, 0.5) is 4.39 Å². The molecule has 1 aromatic rings. The van der Waals surface area contributed by atoms with E-state index in [1.807, 2.05) is 22.9 Å². The van der Waals surface area contributed by atoms with Gasteiger partial charge in [-0.1, -0.05) is 22.0 Å². The van der Waals surface area contributed by atoms with Gasteiger partial charge in [0.2, 0.25) is 5.91 Å². The predicted molar refractivity (Wildman–Crippen MR) is 76.2 cm³/mol. The molecule has 1 aromatic carbocycles. The van der Waals surface area contributed by atoms with E-state index in [9.17, 15) is 9.18 Å². The summed E-state index contributed by atoms with van der Waals surface area (Å²) in [5.74, 6) is -0.104. The molecular formula is C14H18BrFN2O. The Morgan fingerprint density at radius 1 is 1.42 bits per heavy atom. The Morgan fingerprint density at radius 3 is 2.74 bits per heavy atom. The van der Waals surface area contributed by atoms with Gasteiger partial charge in [-0.2, -0.15) is 0 Å². The Balaban J connectivity index is 1.89. The molecule has 0 bridgehead atoms. The molecule has 0 radical (unpaired) electrons. The van der Waals surface area contributed by atoms with Gasteiger partial charge in [-0.15, -0.1) is 0 Å². The number of likely N-dealkylation sites (tertiary alicyclic amines) is 1. The van der Waals surface area contributed by atoms with Crippen LogP contribution >= 0.6 is 15.9 Å². The first-order valence-corrected chi connectivity index (χ1v) is 7.26. The molecule has 1 aliphatic rings. The lowest BCUT2D eigenvalue weighted by molar-refractivity contribution is -0.131. The molecule has 1 aliphatic heterocycles. The molecule has 2 rings (SSSR count). The summed E-state index contributed by atoms with van der Waals surface area (Å²) < 4.78 is 14.4. The van der Waals surface area contributed by atoms with E-state index in [4.69, 9.17) is 0 Å². The summed E-state index contributed by atoms with van der Waals surface area (Å²) in [7, 11) is 1.84. The molecule has 19 heavy (non-hydrogen) atoms. The van der Waals surface area contributed by atoms with Crippen LogP contribution in [-0.4, -0.2) is 42.4 Å². The van der Waals surface area contributed by atoms with Crippen LogP contribution in [0, 0.1) is 5.82 Å². The number of carbonyl (C=O) groups is 1. The van der Waals surface area contributed by atoms with Crippen LogP contribution in [0.15, 0.2) is 22.7 Å². The van der Waals surface area contributed by atoms with Crippen molar-refractivity contribution < 1.29 is 9.18 Å². The van der Waals surface area contributed by atoms with Gasteiger partial charge < -0.3 is 4.90 Å². The maximum absolute atomic E-state index is 13.7. The number of hydrogen-bond acceptors (Lipinski definition) is 2. The van der Waals surface area contributed by atoms with Crippen LogP contribution in [0.25, 0.3) is 0 Å². The number of nitrogens with zero attached hydrogens (tertiary/aromatic N) is 2. The molecule has 104 valence electrons. The van der Waals surface area contributed by atoms with E-state index in [2.05, 4.69) is 15.9 Å². The molecule has 0 N–H and O–H groups in total.